The van der Waals surface area contributed by atoms with Crippen LogP contribution < -0.4 is 5.73 Å². The Bertz CT molecular complexity index is 613. The first-order valence-corrected chi connectivity index (χ1v) is 8.06. The van der Waals surface area contributed by atoms with E-state index in [9.17, 15) is 0 Å². The van der Waals surface area contributed by atoms with Crippen molar-refractivity contribution in [2.75, 3.05) is 6.61 Å². The molecule has 1 aliphatic rings. The molecule has 1 aliphatic heterocycles. The van der Waals surface area contributed by atoms with E-state index in [1.54, 1.807) is 0 Å². The Labute approximate surface area is 128 Å². The number of ether oxygens (including phenoxy) is 1. The second-order valence-electron chi connectivity index (χ2n) is 5.48. The smallest absolute Gasteiger partial charge is 0.0619 e. The van der Waals surface area contributed by atoms with Crippen LogP contribution in [0.15, 0.2) is 40.9 Å². The van der Waals surface area contributed by atoms with Gasteiger partial charge in [-0.3, -0.25) is 0 Å². The highest BCUT2D eigenvalue weighted by Crippen LogP contribution is 2.37. The van der Waals surface area contributed by atoms with Gasteiger partial charge in [0.05, 0.1) is 6.10 Å². The summed E-state index contributed by atoms with van der Waals surface area (Å²) >= 11 is 3.62. The molecule has 2 aromatic carbocycles. The van der Waals surface area contributed by atoms with Crippen molar-refractivity contribution in [3.63, 3.8) is 0 Å². The standard InChI is InChI=1S/C17H20BrNO/c1-2-16-14(9-10-20-16)17(19)13-7-8-15(18)12-6-4-3-5-11(12)13/h3-8,14,16-17H,2,9-10,19H2,1H3. The zero-order chi connectivity index (χ0) is 14.1. The third kappa shape index (κ3) is 2.39. The number of rotatable bonds is 3. The van der Waals surface area contributed by atoms with E-state index in [0.717, 1.165) is 23.9 Å². The number of benzene rings is 2. The highest BCUT2D eigenvalue weighted by atomic mass is 79.9. The number of hydrogen-bond donors (Lipinski definition) is 1. The average Bonchev–Trinajstić information content (AvgIpc) is 2.96. The number of fused-ring (bicyclic) bond motifs is 1. The normalized spacial score (nSPS) is 24.1. The van der Waals surface area contributed by atoms with Crippen LogP contribution in [0.3, 0.4) is 0 Å². The molecule has 2 N–H and O–H groups in total. The van der Waals surface area contributed by atoms with Crippen molar-refractivity contribution in [2.45, 2.75) is 31.9 Å². The van der Waals surface area contributed by atoms with Crippen molar-refractivity contribution in [1.29, 1.82) is 0 Å². The Morgan fingerprint density at radius 3 is 2.75 bits per heavy atom. The van der Waals surface area contributed by atoms with Gasteiger partial charge in [0, 0.05) is 23.0 Å². The summed E-state index contributed by atoms with van der Waals surface area (Å²) in [6, 6.07) is 12.7. The van der Waals surface area contributed by atoms with Gasteiger partial charge in [-0.25, -0.2) is 0 Å². The predicted octanol–water partition coefficient (Wildman–Crippen LogP) is 4.42. The van der Waals surface area contributed by atoms with Crippen molar-refractivity contribution in [1.82, 2.24) is 0 Å². The van der Waals surface area contributed by atoms with Crippen LogP contribution in [0.25, 0.3) is 10.8 Å². The van der Waals surface area contributed by atoms with Gasteiger partial charge >= 0.3 is 0 Å². The Balaban J connectivity index is 2.04. The number of halogens is 1. The maximum absolute atomic E-state index is 6.59. The SMILES string of the molecule is CCC1OCCC1C(N)c1ccc(Br)c2ccccc12. The Kier molecular flexibility index (Phi) is 4.11. The first-order chi connectivity index (χ1) is 9.72. The molecular formula is C17H20BrNO. The summed E-state index contributed by atoms with van der Waals surface area (Å²) in [6.45, 7) is 3.01. The molecule has 1 saturated heterocycles. The van der Waals surface area contributed by atoms with E-state index < -0.39 is 0 Å². The summed E-state index contributed by atoms with van der Waals surface area (Å²) in [4.78, 5) is 0. The highest BCUT2D eigenvalue weighted by Gasteiger charge is 2.33. The van der Waals surface area contributed by atoms with Crippen molar-refractivity contribution in [3.05, 3.63) is 46.4 Å². The molecule has 0 saturated carbocycles. The molecular weight excluding hydrogens is 314 g/mol. The highest BCUT2D eigenvalue weighted by molar-refractivity contribution is 9.10. The topological polar surface area (TPSA) is 35.2 Å². The van der Waals surface area contributed by atoms with E-state index in [0.29, 0.717) is 12.0 Å². The quantitative estimate of drug-likeness (QED) is 0.902. The Hall–Kier alpha value is -0.900. The van der Waals surface area contributed by atoms with Gasteiger partial charge in [-0.1, -0.05) is 53.2 Å². The van der Waals surface area contributed by atoms with E-state index in [-0.39, 0.29) is 6.04 Å². The lowest BCUT2D eigenvalue weighted by Gasteiger charge is -2.25. The Morgan fingerprint density at radius 2 is 2.00 bits per heavy atom. The molecule has 3 heteroatoms. The monoisotopic (exact) mass is 333 g/mol. The van der Waals surface area contributed by atoms with Crippen LogP contribution in [0.4, 0.5) is 0 Å². The zero-order valence-electron chi connectivity index (χ0n) is 11.7. The third-order valence-electron chi connectivity index (χ3n) is 4.39. The second kappa shape index (κ2) is 5.84. The fraction of sp³-hybridized carbons (Fsp3) is 0.412. The maximum atomic E-state index is 6.59. The molecule has 20 heavy (non-hydrogen) atoms. The van der Waals surface area contributed by atoms with Crippen LogP contribution in [-0.2, 0) is 4.74 Å². The summed E-state index contributed by atoms with van der Waals surface area (Å²) in [5.74, 6) is 0.421. The van der Waals surface area contributed by atoms with Crippen molar-refractivity contribution < 1.29 is 4.74 Å². The largest absolute Gasteiger partial charge is 0.378 e. The molecule has 0 aromatic heterocycles. The minimum atomic E-state index is 0.0421. The summed E-state index contributed by atoms with van der Waals surface area (Å²) < 4.78 is 6.93. The van der Waals surface area contributed by atoms with E-state index in [2.05, 4.69) is 59.3 Å². The van der Waals surface area contributed by atoms with Gasteiger partial charge < -0.3 is 10.5 Å². The van der Waals surface area contributed by atoms with Gasteiger partial charge in [0.2, 0.25) is 0 Å². The van der Waals surface area contributed by atoms with Crippen LogP contribution in [0.1, 0.15) is 31.4 Å². The molecule has 3 rings (SSSR count). The fourth-order valence-electron chi connectivity index (χ4n) is 3.30. The van der Waals surface area contributed by atoms with Gasteiger partial charge in [-0.2, -0.15) is 0 Å². The van der Waals surface area contributed by atoms with Crippen molar-refractivity contribution >= 4 is 26.7 Å². The zero-order valence-corrected chi connectivity index (χ0v) is 13.3. The second-order valence-corrected chi connectivity index (χ2v) is 6.33. The van der Waals surface area contributed by atoms with Gasteiger partial charge in [-0.05, 0) is 35.2 Å². The molecule has 0 bridgehead atoms. The molecule has 0 radical (unpaired) electrons. The van der Waals surface area contributed by atoms with Crippen LogP contribution in [0, 0.1) is 5.92 Å². The summed E-state index contributed by atoms with van der Waals surface area (Å²) in [6.07, 6.45) is 2.39. The average molecular weight is 334 g/mol. The van der Waals surface area contributed by atoms with Crippen LogP contribution in [0.2, 0.25) is 0 Å². The van der Waals surface area contributed by atoms with Crippen LogP contribution in [-0.4, -0.2) is 12.7 Å². The molecule has 1 heterocycles. The van der Waals surface area contributed by atoms with E-state index in [1.165, 1.54) is 16.3 Å². The molecule has 3 unspecified atom stereocenters. The minimum absolute atomic E-state index is 0.0421. The van der Waals surface area contributed by atoms with Gasteiger partial charge in [0.15, 0.2) is 0 Å². The number of nitrogens with two attached hydrogens (primary N) is 1. The van der Waals surface area contributed by atoms with E-state index in [4.69, 9.17) is 10.5 Å². The number of hydrogen-bond acceptors (Lipinski definition) is 2. The van der Waals surface area contributed by atoms with Crippen molar-refractivity contribution in [3.8, 4) is 0 Å². The maximum Gasteiger partial charge on any atom is 0.0619 e. The molecule has 0 aliphatic carbocycles. The van der Waals surface area contributed by atoms with Gasteiger partial charge in [0.1, 0.15) is 0 Å². The first kappa shape index (κ1) is 14.1. The molecule has 106 valence electrons. The summed E-state index contributed by atoms with van der Waals surface area (Å²) in [5.41, 5.74) is 7.82. The third-order valence-corrected chi connectivity index (χ3v) is 5.08. The van der Waals surface area contributed by atoms with Crippen LogP contribution in [0.5, 0.6) is 0 Å². The molecule has 2 aromatic rings. The van der Waals surface area contributed by atoms with Gasteiger partial charge in [-0.15, -0.1) is 0 Å². The van der Waals surface area contributed by atoms with E-state index in [1.807, 2.05) is 0 Å². The molecule has 1 fully saturated rings. The molecule has 3 atom stereocenters. The first-order valence-electron chi connectivity index (χ1n) is 7.26. The van der Waals surface area contributed by atoms with E-state index >= 15 is 0 Å². The lowest BCUT2D eigenvalue weighted by atomic mass is 9.85. The predicted molar refractivity (Wildman–Crippen MR) is 86.7 cm³/mol. The minimum Gasteiger partial charge on any atom is -0.378 e. The summed E-state index contributed by atoms with van der Waals surface area (Å²) in [7, 11) is 0. The van der Waals surface area contributed by atoms with Crippen molar-refractivity contribution in [2.24, 2.45) is 11.7 Å². The molecule has 0 spiro atoms. The molecule has 0 amide bonds. The lowest BCUT2D eigenvalue weighted by molar-refractivity contribution is 0.0814. The lowest BCUT2D eigenvalue weighted by Crippen LogP contribution is -2.28. The fourth-order valence-corrected chi connectivity index (χ4v) is 3.78. The summed E-state index contributed by atoms with van der Waals surface area (Å²) in [5, 5.41) is 2.48. The van der Waals surface area contributed by atoms with Gasteiger partial charge in [0.25, 0.3) is 0 Å². The Morgan fingerprint density at radius 1 is 1.25 bits per heavy atom. The van der Waals surface area contributed by atoms with Crippen LogP contribution >= 0.6 is 15.9 Å². The molecule has 2 nitrogen and oxygen atoms in total.